The van der Waals surface area contributed by atoms with Crippen LogP contribution >= 0.6 is 0 Å². The second kappa shape index (κ2) is 9.36. The van der Waals surface area contributed by atoms with Gasteiger partial charge in [0.15, 0.2) is 0 Å². The Balaban J connectivity index is 3.83. The SMILES string of the molecule is C=CC(=O)OCCCCCC(C)(CC)OC(=O)C=C. The molecule has 1 atom stereocenters. The minimum absolute atomic E-state index is 0.385. The van der Waals surface area contributed by atoms with Crippen molar-refractivity contribution in [3.05, 3.63) is 25.3 Å². The van der Waals surface area contributed by atoms with Crippen LogP contribution in [0.2, 0.25) is 0 Å². The van der Waals surface area contributed by atoms with Gasteiger partial charge in [-0.15, -0.1) is 0 Å². The third kappa shape index (κ3) is 8.19. The van der Waals surface area contributed by atoms with E-state index in [-0.39, 0.29) is 5.97 Å². The lowest BCUT2D eigenvalue weighted by atomic mass is 9.95. The zero-order valence-corrected chi connectivity index (χ0v) is 11.9. The molecule has 1 unspecified atom stereocenters. The van der Waals surface area contributed by atoms with Crippen molar-refractivity contribution in [1.29, 1.82) is 0 Å². The number of carbonyl (C=O) groups excluding carboxylic acids is 2. The van der Waals surface area contributed by atoms with E-state index < -0.39 is 11.6 Å². The van der Waals surface area contributed by atoms with E-state index in [9.17, 15) is 9.59 Å². The summed E-state index contributed by atoms with van der Waals surface area (Å²) in [7, 11) is 0. The van der Waals surface area contributed by atoms with Crippen molar-refractivity contribution in [3.63, 3.8) is 0 Å². The van der Waals surface area contributed by atoms with E-state index in [0.29, 0.717) is 6.61 Å². The Kier molecular flexibility index (Phi) is 8.58. The molecule has 0 saturated carbocycles. The molecule has 0 saturated heterocycles. The van der Waals surface area contributed by atoms with Gasteiger partial charge in [0.2, 0.25) is 0 Å². The molecule has 19 heavy (non-hydrogen) atoms. The van der Waals surface area contributed by atoms with Crippen molar-refractivity contribution >= 4 is 11.9 Å². The quantitative estimate of drug-likeness (QED) is 0.347. The molecule has 0 bridgehead atoms. The lowest BCUT2D eigenvalue weighted by Gasteiger charge is -2.27. The Labute approximate surface area is 115 Å². The molecule has 0 fully saturated rings. The fourth-order valence-corrected chi connectivity index (χ4v) is 1.59. The molecule has 0 aromatic heterocycles. The van der Waals surface area contributed by atoms with E-state index in [0.717, 1.165) is 38.2 Å². The highest BCUT2D eigenvalue weighted by molar-refractivity contribution is 5.81. The maximum absolute atomic E-state index is 11.2. The second-order valence-electron chi connectivity index (χ2n) is 4.61. The molecule has 0 aliphatic carbocycles. The van der Waals surface area contributed by atoms with Gasteiger partial charge in [0.05, 0.1) is 6.61 Å². The molecule has 0 aliphatic rings. The van der Waals surface area contributed by atoms with Crippen molar-refractivity contribution in [2.75, 3.05) is 6.61 Å². The molecule has 108 valence electrons. The first-order valence-electron chi connectivity index (χ1n) is 6.62. The summed E-state index contributed by atoms with van der Waals surface area (Å²) < 4.78 is 10.2. The molecule has 0 aromatic carbocycles. The van der Waals surface area contributed by atoms with E-state index >= 15 is 0 Å². The first-order chi connectivity index (χ1) is 8.97. The van der Waals surface area contributed by atoms with E-state index in [1.54, 1.807) is 0 Å². The average Bonchev–Trinajstić information content (AvgIpc) is 2.42. The van der Waals surface area contributed by atoms with Crippen LogP contribution in [0, 0.1) is 0 Å². The zero-order chi connectivity index (χ0) is 14.7. The molecule has 0 rings (SSSR count). The van der Waals surface area contributed by atoms with Crippen LogP contribution in [0.3, 0.4) is 0 Å². The molecule has 0 aromatic rings. The van der Waals surface area contributed by atoms with Gasteiger partial charge in [-0.1, -0.05) is 20.1 Å². The smallest absolute Gasteiger partial charge is 0.330 e. The third-order valence-electron chi connectivity index (χ3n) is 3.02. The van der Waals surface area contributed by atoms with Gasteiger partial charge in [-0.2, -0.15) is 0 Å². The number of hydrogen-bond donors (Lipinski definition) is 0. The summed E-state index contributed by atoms with van der Waals surface area (Å²) >= 11 is 0. The Morgan fingerprint density at radius 2 is 1.74 bits per heavy atom. The predicted molar refractivity (Wildman–Crippen MR) is 74.6 cm³/mol. The van der Waals surface area contributed by atoms with Crippen molar-refractivity contribution in [1.82, 2.24) is 0 Å². The highest BCUT2D eigenvalue weighted by Gasteiger charge is 2.25. The van der Waals surface area contributed by atoms with Gasteiger partial charge in [0, 0.05) is 12.2 Å². The number of rotatable bonds is 10. The molecule has 0 heterocycles. The summed E-state index contributed by atoms with van der Waals surface area (Å²) in [5.74, 6) is -0.775. The monoisotopic (exact) mass is 268 g/mol. The van der Waals surface area contributed by atoms with Crippen LogP contribution in [0.15, 0.2) is 25.3 Å². The molecule has 4 nitrogen and oxygen atoms in total. The van der Waals surface area contributed by atoms with Gasteiger partial charge in [-0.25, -0.2) is 9.59 Å². The van der Waals surface area contributed by atoms with Crippen molar-refractivity contribution in [2.24, 2.45) is 0 Å². The van der Waals surface area contributed by atoms with E-state index in [1.165, 1.54) is 6.08 Å². The summed E-state index contributed by atoms with van der Waals surface area (Å²) in [4.78, 5) is 22.0. The highest BCUT2D eigenvalue weighted by Crippen LogP contribution is 2.23. The summed E-state index contributed by atoms with van der Waals surface area (Å²) in [6.07, 6.45) is 6.53. The molecule has 4 heteroatoms. The molecule has 0 amide bonds. The Bertz CT molecular complexity index is 322. The summed E-state index contributed by atoms with van der Waals surface area (Å²) in [5, 5.41) is 0. The van der Waals surface area contributed by atoms with Gasteiger partial charge >= 0.3 is 11.9 Å². The first-order valence-corrected chi connectivity index (χ1v) is 6.62. The van der Waals surface area contributed by atoms with E-state index in [1.807, 2.05) is 13.8 Å². The highest BCUT2D eigenvalue weighted by atomic mass is 16.6. The van der Waals surface area contributed by atoms with E-state index in [4.69, 9.17) is 9.47 Å². The summed E-state index contributed by atoms with van der Waals surface area (Å²) in [6.45, 7) is 11.0. The molecule has 0 spiro atoms. The van der Waals surface area contributed by atoms with Crippen LogP contribution in [0.1, 0.15) is 46.0 Å². The number of esters is 2. The Hall–Kier alpha value is -1.58. The fourth-order valence-electron chi connectivity index (χ4n) is 1.59. The number of unbranched alkanes of at least 4 members (excludes halogenated alkanes) is 2. The van der Waals surface area contributed by atoms with Crippen LogP contribution in [-0.4, -0.2) is 24.1 Å². The maximum Gasteiger partial charge on any atom is 0.330 e. The number of hydrogen-bond acceptors (Lipinski definition) is 4. The predicted octanol–water partition coefficient (Wildman–Crippen LogP) is 3.17. The topological polar surface area (TPSA) is 52.6 Å². The van der Waals surface area contributed by atoms with Gasteiger partial charge < -0.3 is 9.47 Å². The Morgan fingerprint density at radius 1 is 1.11 bits per heavy atom. The maximum atomic E-state index is 11.2. The fraction of sp³-hybridized carbons (Fsp3) is 0.600. The standard InChI is InChI=1S/C15H24O4/c1-5-13(16)18-12-10-8-9-11-15(4,7-3)19-14(17)6-2/h5-6H,1-2,7-12H2,3-4H3. The number of ether oxygens (including phenoxy) is 2. The lowest BCUT2D eigenvalue weighted by Crippen LogP contribution is -2.30. The van der Waals surface area contributed by atoms with Gasteiger partial charge in [-0.05, 0) is 39.0 Å². The Morgan fingerprint density at radius 3 is 2.26 bits per heavy atom. The van der Waals surface area contributed by atoms with Crippen LogP contribution in [0.4, 0.5) is 0 Å². The first kappa shape index (κ1) is 17.4. The molecular formula is C15H24O4. The van der Waals surface area contributed by atoms with Gasteiger partial charge in [0.25, 0.3) is 0 Å². The van der Waals surface area contributed by atoms with Crippen molar-refractivity contribution in [2.45, 2.75) is 51.6 Å². The van der Waals surface area contributed by atoms with Crippen LogP contribution < -0.4 is 0 Å². The van der Waals surface area contributed by atoms with Gasteiger partial charge in [0.1, 0.15) is 5.60 Å². The molecular weight excluding hydrogens is 244 g/mol. The molecule has 0 N–H and O–H groups in total. The lowest BCUT2D eigenvalue weighted by molar-refractivity contribution is -0.153. The van der Waals surface area contributed by atoms with Crippen molar-refractivity contribution < 1.29 is 19.1 Å². The summed E-state index contributed by atoms with van der Waals surface area (Å²) in [6, 6.07) is 0. The third-order valence-corrected chi connectivity index (χ3v) is 3.02. The molecule has 0 radical (unpaired) electrons. The number of carbonyl (C=O) groups is 2. The van der Waals surface area contributed by atoms with Crippen molar-refractivity contribution in [3.8, 4) is 0 Å². The van der Waals surface area contributed by atoms with Crippen LogP contribution in [0.5, 0.6) is 0 Å². The van der Waals surface area contributed by atoms with Crippen LogP contribution in [-0.2, 0) is 19.1 Å². The van der Waals surface area contributed by atoms with Crippen LogP contribution in [0.25, 0.3) is 0 Å². The van der Waals surface area contributed by atoms with Gasteiger partial charge in [-0.3, -0.25) is 0 Å². The largest absolute Gasteiger partial charge is 0.463 e. The van der Waals surface area contributed by atoms with E-state index in [2.05, 4.69) is 13.2 Å². The minimum atomic E-state index is -0.441. The zero-order valence-electron chi connectivity index (χ0n) is 11.9. The second-order valence-corrected chi connectivity index (χ2v) is 4.61. The average molecular weight is 268 g/mol. The molecule has 0 aliphatic heterocycles. The normalized spacial score (nSPS) is 13.2. The minimum Gasteiger partial charge on any atom is -0.463 e. The summed E-state index contributed by atoms with van der Waals surface area (Å²) in [5.41, 5.74) is -0.441.